The Labute approximate surface area is 125 Å². The number of hydrogen-bond acceptors (Lipinski definition) is 3. The van der Waals surface area contributed by atoms with Gasteiger partial charge in [-0.3, -0.25) is 10.1 Å². The van der Waals surface area contributed by atoms with Gasteiger partial charge >= 0.3 is 6.01 Å². The number of aromatic nitrogens is 1. The van der Waals surface area contributed by atoms with Crippen LogP contribution >= 0.6 is 0 Å². The molecule has 1 aromatic heterocycles. The van der Waals surface area contributed by atoms with Crippen molar-refractivity contribution in [2.75, 3.05) is 5.32 Å². The van der Waals surface area contributed by atoms with Crippen molar-refractivity contribution in [3.8, 4) is 11.3 Å². The van der Waals surface area contributed by atoms with Crippen LogP contribution in [0.2, 0.25) is 0 Å². The van der Waals surface area contributed by atoms with E-state index in [-0.39, 0.29) is 17.8 Å². The van der Waals surface area contributed by atoms with E-state index in [9.17, 15) is 4.79 Å². The van der Waals surface area contributed by atoms with E-state index in [2.05, 4.69) is 17.2 Å². The molecule has 0 fully saturated rings. The summed E-state index contributed by atoms with van der Waals surface area (Å²) >= 11 is 0. The monoisotopic (exact) mass is 286 g/mol. The highest BCUT2D eigenvalue weighted by Crippen LogP contribution is 2.22. The minimum Gasteiger partial charge on any atom is -0.423 e. The molecule has 1 N–H and O–H groups in total. The van der Waals surface area contributed by atoms with Crippen LogP contribution in [0.15, 0.2) is 40.9 Å². The van der Waals surface area contributed by atoms with Crippen LogP contribution in [0.3, 0.4) is 0 Å². The average molecular weight is 286 g/mol. The summed E-state index contributed by atoms with van der Waals surface area (Å²) in [5, 5.41) is 2.74. The van der Waals surface area contributed by atoms with E-state index < -0.39 is 0 Å². The van der Waals surface area contributed by atoms with Crippen LogP contribution in [0.4, 0.5) is 6.01 Å². The number of anilines is 1. The molecule has 1 amide bonds. The van der Waals surface area contributed by atoms with Gasteiger partial charge in [0.1, 0.15) is 0 Å². The minimum absolute atomic E-state index is 0.0244. The molecular weight excluding hydrogens is 264 g/mol. The van der Waals surface area contributed by atoms with Crippen LogP contribution in [0.25, 0.3) is 11.3 Å². The smallest absolute Gasteiger partial charge is 0.301 e. The number of carbonyl (C=O) groups excluding carboxylic acids is 1. The second kappa shape index (κ2) is 7.62. The fourth-order valence-electron chi connectivity index (χ4n) is 2.13. The van der Waals surface area contributed by atoms with Gasteiger partial charge in [0.25, 0.3) is 0 Å². The van der Waals surface area contributed by atoms with E-state index in [4.69, 9.17) is 4.42 Å². The molecule has 112 valence electrons. The van der Waals surface area contributed by atoms with E-state index in [1.807, 2.05) is 37.3 Å². The van der Waals surface area contributed by atoms with E-state index in [0.717, 1.165) is 31.2 Å². The minimum atomic E-state index is -0.0347. The molecule has 2 rings (SSSR count). The van der Waals surface area contributed by atoms with Gasteiger partial charge in [-0.05, 0) is 6.42 Å². The second-order valence-corrected chi connectivity index (χ2v) is 5.28. The quantitative estimate of drug-likeness (QED) is 0.763. The van der Waals surface area contributed by atoms with Gasteiger partial charge < -0.3 is 4.42 Å². The van der Waals surface area contributed by atoms with Gasteiger partial charge in [0.15, 0.2) is 5.76 Å². The Bertz CT molecular complexity index is 563. The third-order valence-corrected chi connectivity index (χ3v) is 3.48. The number of rotatable bonds is 7. The Morgan fingerprint density at radius 3 is 2.76 bits per heavy atom. The van der Waals surface area contributed by atoms with Crippen LogP contribution in [-0.4, -0.2) is 10.9 Å². The van der Waals surface area contributed by atoms with Crippen molar-refractivity contribution in [1.29, 1.82) is 0 Å². The first-order valence-electron chi connectivity index (χ1n) is 7.52. The van der Waals surface area contributed by atoms with Gasteiger partial charge in [0.2, 0.25) is 5.91 Å². The first-order chi connectivity index (χ1) is 10.2. The molecule has 0 saturated heterocycles. The third-order valence-electron chi connectivity index (χ3n) is 3.48. The highest BCUT2D eigenvalue weighted by molar-refractivity contribution is 5.90. The maximum atomic E-state index is 12.0. The van der Waals surface area contributed by atoms with Crippen molar-refractivity contribution < 1.29 is 9.21 Å². The van der Waals surface area contributed by atoms with Crippen molar-refractivity contribution in [3.63, 3.8) is 0 Å². The lowest BCUT2D eigenvalue weighted by Gasteiger charge is -2.09. The molecule has 1 aromatic carbocycles. The molecule has 2 aromatic rings. The van der Waals surface area contributed by atoms with Gasteiger partial charge in [-0.2, -0.15) is 0 Å². The Morgan fingerprint density at radius 2 is 2.05 bits per heavy atom. The summed E-state index contributed by atoms with van der Waals surface area (Å²) in [6, 6.07) is 9.97. The zero-order valence-electron chi connectivity index (χ0n) is 12.6. The fraction of sp³-hybridized carbons (Fsp3) is 0.412. The lowest BCUT2D eigenvalue weighted by atomic mass is 10.0. The van der Waals surface area contributed by atoms with Gasteiger partial charge in [-0.1, -0.05) is 63.4 Å². The fourth-order valence-corrected chi connectivity index (χ4v) is 2.13. The van der Waals surface area contributed by atoms with Crippen LogP contribution in [-0.2, 0) is 4.79 Å². The highest BCUT2D eigenvalue weighted by atomic mass is 16.4. The van der Waals surface area contributed by atoms with E-state index >= 15 is 0 Å². The normalized spacial score (nSPS) is 12.1. The zero-order valence-corrected chi connectivity index (χ0v) is 12.6. The molecule has 1 atom stereocenters. The van der Waals surface area contributed by atoms with Crippen molar-refractivity contribution in [2.45, 2.75) is 39.5 Å². The summed E-state index contributed by atoms with van der Waals surface area (Å²) in [4.78, 5) is 16.2. The predicted molar refractivity (Wildman–Crippen MR) is 83.9 cm³/mol. The molecule has 0 aliphatic carbocycles. The Hall–Kier alpha value is -2.10. The molecule has 0 saturated carbocycles. The van der Waals surface area contributed by atoms with Gasteiger partial charge in [0.05, 0.1) is 6.20 Å². The number of amides is 1. The summed E-state index contributed by atoms with van der Waals surface area (Å²) in [5.74, 6) is 0.598. The molecule has 1 heterocycles. The summed E-state index contributed by atoms with van der Waals surface area (Å²) in [7, 11) is 0. The number of benzene rings is 1. The van der Waals surface area contributed by atoms with Gasteiger partial charge in [0, 0.05) is 11.5 Å². The third kappa shape index (κ3) is 4.45. The molecule has 0 radical (unpaired) electrons. The number of nitrogens with zero attached hydrogens (tertiary/aromatic N) is 1. The number of nitrogens with one attached hydrogen (secondary N) is 1. The maximum absolute atomic E-state index is 12.0. The van der Waals surface area contributed by atoms with Crippen LogP contribution < -0.4 is 5.32 Å². The van der Waals surface area contributed by atoms with E-state index in [1.54, 1.807) is 6.20 Å². The van der Waals surface area contributed by atoms with Crippen molar-refractivity contribution in [3.05, 3.63) is 36.5 Å². The van der Waals surface area contributed by atoms with Crippen molar-refractivity contribution in [2.24, 2.45) is 5.92 Å². The molecule has 0 spiro atoms. The first kappa shape index (κ1) is 15.3. The lowest BCUT2D eigenvalue weighted by molar-refractivity contribution is -0.119. The van der Waals surface area contributed by atoms with E-state index in [0.29, 0.717) is 5.76 Å². The first-order valence-corrected chi connectivity index (χ1v) is 7.52. The SMILES string of the molecule is CCCCCC(C)C(=O)Nc1ncc(-c2ccccc2)o1. The Morgan fingerprint density at radius 1 is 1.29 bits per heavy atom. The molecule has 21 heavy (non-hydrogen) atoms. The molecule has 4 nitrogen and oxygen atoms in total. The number of hydrogen-bond donors (Lipinski definition) is 1. The molecule has 0 bridgehead atoms. The van der Waals surface area contributed by atoms with Gasteiger partial charge in [-0.15, -0.1) is 0 Å². The summed E-state index contributed by atoms with van der Waals surface area (Å²) in [6.07, 6.45) is 5.92. The largest absolute Gasteiger partial charge is 0.423 e. The van der Waals surface area contributed by atoms with Crippen LogP contribution in [0.5, 0.6) is 0 Å². The predicted octanol–water partition coefficient (Wildman–Crippen LogP) is 4.50. The molecular formula is C17H22N2O2. The number of oxazole rings is 1. The van der Waals surface area contributed by atoms with Crippen molar-refractivity contribution >= 4 is 11.9 Å². The summed E-state index contributed by atoms with van der Waals surface area (Å²) in [6.45, 7) is 4.09. The van der Waals surface area contributed by atoms with Gasteiger partial charge in [-0.25, -0.2) is 4.98 Å². The Balaban J connectivity index is 1.92. The molecule has 4 heteroatoms. The lowest BCUT2D eigenvalue weighted by Crippen LogP contribution is -2.20. The zero-order chi connectivity index (χ0) is 15.1. The second-order valence-electron chi connectivity index (χ2n) is 5.28. The van der Waals surface area contributed by atoms with E-state index in [1.165, 1.54) is 0 Å². The maximum Gasteiger partial charge on any atom is 0.301 e. The van der Waals surface area contributed by atoms with Crippen molar-refractivity contribution in [1.82, 2.24) is 4.98 Å². The highest BCUT2D eigenvalue weighted by Gasteiger charge is 2.15. The standard InChI is InChI=1S/C17H22N2O2/c1-3-4-6-9-13(2)16(20)19-17-18-12-15(21-17)14-10-7-5-8-11-14/h5,7-8,10-13H,3-4,6,9H2,1-2H3,(H,18,19,20). The summed E-state index contributed by atoms with van der Waals surface area (Å²) in [5.41, 5.74) is 0.946. The number of unbranched alkanes of at least 4 members (excludes halogenated alkanes) is 2. The average Bonchev–Trinajstić information content (AvgIpc) is 2.97. The molecule has 0 aliphatic rings. The summed E-state index contributed by atoms with van der Waals surface area (Å²) < 4.78 is 5.57. The van der Waals surface area contributed by atoms with Crippen LogP contribution in [0.1, 0.15) is 39.5 Å². The number of carbonyl (C=O) groups is 1. The topological polar surface area (TPSA) is 55.1 Å². The molecule has 1 unspecified atom stereocenters. The van der Waals surface area contributed by atoms with Crippen LogP contribution in [0, 0.1) is 5.92 Å². The Kier molecular flexibility index (Phi) is 5.55. The molecule has 0 aliphatic heterocycles.